The summed E-state index contributed by atoms with van der Waals surface area (Å²) >= 11 is 0. The zero-order valence-electron chi connectivity index (χ0n) is 16.1. The van der Waals surface area contributed by atoms with Crippen LogP contribution in [0.3, 0.4) is 0 Å². The van der Waals surface area contributed by atoms with Gasteiger partial charge in [-0.15, -0.1) is 0 Å². The van der Waals surface area contributed by atoms with Gasteiger partial charge in [-0.3, -0.25) is 14.9 Å². The fourth-order valence-corrected chi connectivity index (χ4v) is 2.48. The van der Waals surface area contributed by atoms with E-state index in [1.807, 2.05) is 0 Å². The normalized spacial score (nSPS) is 10.5. The molecule has 9 heteroatoms. The maximum atomic E-state index is 12.1. The number of nitrogens with one attached hydrogen (secondary N) is 1. The summed E-state index contributed by atoms with van der Waals surface area (Å²) in [4.78, 5) is 34.3. The lowest BCUT2D eigenvalue weighted by Gasteiger charge is -2.06. The Balaban J connectivity index is 1.53. The molecule has 0 aliphatic rings. The van der Waals surface area contributed by atoms with Crippen molar-refractivity contribution in [3.8, 4) is 11.5 Å². The number of hydrogen-bond acceptors (Lipinski definition) is 7. The Labute approximate surface area is 177 Å². The second kappa shape index (κ2) is 10.3. The second-order valence-electron chi connectivity index (χ2n) is 6.13. The fraction of sp³-hybridized carbons (Fsp3) is 0.0455. The fourth-order valence-electron chi connectivity index (χ4n) is 2.48. The van der Waals surface area contributed by atoms with Gasteiger partial charge in [0.25, 0.3) is 5.91 Å². The number of hydrogen-bond donors (Lipinski definition) is 1. The van der Waals surface area contributed by atoms with Gasteiger partial charge in [-0.25, -0.2) is 10.2 Å². The van der Waals surface area contributed by atoms with Crippen molar-refractivity contribution in [3.05, 3.63) is 100 Å². The zero-order valence-corrected chi connectivity index (χ0v) is 16.1. The van der Waals surface area contributed by atoms with Crippen LogP contribution in [0.15, 0.2) is 84.0 Å². The number of nitro groups is 1. The summed E-state index contributed by atoms with van der Waals surface area (Å²) in [5, 5.41) is 14.8. The average molecular weight is 419 g/mol. The topological polar surface area (TPSA) is 120 Å². The molecule has 0 saturated carbocycles. The molecule has 0 aliphatic heterocycles. The van der Waals surface area contributed by atoms with Gasteiger partial charge < -0.3 is 9.47 Å². The predicted molar refractivity (Wildman–Crippen MR) is 112 cm³/mol. The largest absolute Gasteiger partial charge is 0.477 e. The van der Waals surface area contributed by atoms with Gasteiger partial charge in [-0.05, 0) is 35.9 Å². The lowest BCUT2D eigenvalue weighted by Crippen LogP contribution is -2.24. The van der Waals surface area contributed by atoms with Crippen LogP contribution in [0.2, 0.25) is 0 Å². The van der Waals surface area contributed by atoms with Crippen LogP contribution in [0.25, 0.3) is 0 Å². The molecule has 3 aromatic rings. The Bertz CT molecular complexity index is 1110. The Morgan fingerprint density at radius 3 is 2.52 bits per heavy atom. The first-order chi connectivity index (χ1) is 15.0. The van der Waals surface area contributed by atoms with Crippen LogP contribution in [0.4, 0.5) is 5.69 Å². The third-order valence-corrected chi connectivity index (χ3v) is 3.90. The van der Waals surface area contributed by atoms with Crippen molar-refractivity contribution in [1.29, 1.82) is 0 Å². The molecule has 0 aliphatic carbocycles. The summed E-state index contributed by atoms with van der Waals surface area (Å²) in [7, 11) is 0. The van der Waals surface area contributed by atoms with E-state index in [9.17, 15) is 19.7 Å². The summed E-state index contributed by atoms with van der Waals surface area (Å²) in [5.41, 5.74) is 3.03. The molecule has 0 bridgehead atoms. The Morgan fingerprint density at radius 1 is 1.00 bits per heavy atom. The zero-order chi connectivity index (χ0) is 22.1. The number of amides is 1. The van der Waals surface area contributed by atoms with E-state index in [1.165, 1.54) is 24.4 Å². The van der Waals surface area contributed by atoms with Crippen molar-refractivity contribution in [1.82, 2.24) is 5.43 Å². The van der Waals surface area contributed by atoms with E-state index in [0.29, 0.717) is 16.9 Å². The number of hydrazone groups is 1. The van der Waals surface area contributed by atoms with E-state index >= 15 is 0 Å². The van der Waals surface area contributed by atoms with Crippen molar-refractivity contribution in [2.24, 2.45) is 5.10 Å². The molecule has 0 aromatic heterocycles. The van der Waals surface area contributed by atoms with E-state index in [2.05, 4.69) is 10.5 Å². The molecule has 0 heterocycles. The summed E-state index contributed by atoms with van der Waals surface area (Å²) in [6, 6.07) is 20.9. The van der Waals surface area contributed by atoms with E-state index < -0.39 is 23.4 Å². The lowest BCUT2D eigenvalue weighted by atomic mass is 10.2. The van der Waals surface area contributed by atoms with Crippen molar-refractivity contribution in [2.45, 2.75) is 0 Å². The number of benzene rings is 3. The van der Waals surface area contributed by atoms with E-state index in [4.69, 9.17) is 9.47 Å². The molecular weight excluding hydrogens is 402 g/mol. The summed E-state index contributed by atoms with van der Waals surface area (Å²) in [6.07, 6.45) is 1.36. The minimum absolute atomic E-state index is 0.0143. The quantitative estimate of drug-likeness (QED) is 0.197. The van der Waals surface area contributed by atoms with Gasteiger partial charge in [0.2, 0.25) is 0 Å². The maximum Gasteiger partial charge on any atom is 0.343 e. The van der Waals surface area contributed by atoms with Crippen LogP contribution >= 0.6 is 0 Å². The maximum absolute atomic E-state index is 12.1. The number of carbonyl (C=O) groups is 2. The minimum Gasteiger partial charge on any atom is -0.477 e. The van der Waals surface area contributed by atoms with Crippen molar-refractivity contribution >= 4 is 23.8 Å². The highest BCUT2D eigenvalue weighted by atomic mass is 16.6. The van der Waals surface area contributed by atoms with E-state index in [-0.39, 0.29) is 11.4 Å². The lowest BCUT2D eigenvalue weighted by molar-refractivity contribution is -0.385. The van der Waals surface area contributed by atoms with Crippen LogP contribution < -0.4 is 14.9 Å². The van der Waals surface area contributed by atoms with E-state index in [0.717, 1.165) is 0 Å². The molecule has 1 N–H and O–H groups in total. The molecule has 3 rings (SSSR count). The van der Waals surface area contributed by atoms with Gasteiger partial charge in [0.15, 0.2) is 12.4 Å². The molecule has 0 fully saturated rings. The molecule has 0 spiro atoms. The predicted octanol–water partition coefficient (Wildman–Crippen LogP) is 3.34. The Kier molecular flexibility index (Phi) is 7.04. The van der Waals surface area contributed by atoms with Crippen LogP contribution in [0.1, 0.15) is 15.9 Å². The van der Waals surface area contributed by atoms with Crippen LogP contribution in [0, 0.1) is 10.1 Å². The standard InChI is InChI=1S/C22H17N3O6/c26-21(15-30-20-12-5-4-11-19(20)25(28)29)24-23-14-16-7-6-10-18(13-16)31-22(27)17-8-2-1-3-9-17/h1-14H,15H2,(H,24,26)/b23-14+. The van der Waals surface area contributed by atoms with Crippen LogP contribution in [-0.2, 0) is 4.79 Å². The highest BCUT2D eigenvalue weighted by Crippen LogP contribution is 2.25. The van der Waals surface area contributed by atoms with Gasteiger partial charge in [0, 0.05) is 6.07 Å². The number of ether oxygens (including phenoxy) is 2. The second-order valence-corrected chi connectivity index (χ2v) is 6.13. The third kappa shape index (κ3) is 6.23. The smallest absolute Gasteiger partial charge is 0.343 e. The van der Waals surface area contributed by atoms with Crippen LogP contribution in [-0.4, -0.2) is 29.6 Å². The summed E-state index contributed by atoms with van der Waals surface area (Å²) in [5.74, 6) is -0.778. The molecule has 0 saturated heterocycles. The monoisotopic (exact) mass is 419 g/mol. The summed E-state index contributed by atoms with van der Waals surface area (Å²) < 4.78 is 10.5. The number of esters is 1. The molecule has 31 heavy (non-hydrogen) atoms. The van der Waals surface area contributed by atoms with Crippen molar-refractivity contribution in [2.75, 3.05) is 6.61 Å². The summed E-state index contributed by atoms with van der Waals surface area (Å²) in [6.45, 7) is -0.447. The first-order valence-electron chi connectivity index (χ1n) is 9.08. The molecule has 0 unspecified atom stereocenters. The van der Waals surface area contributed by atoms with Gasteiger partial charge in [-0.1, -0.05) is 42.5 Å². The van der Waals surface area contributed by atoms with Gasteiger partial charge in [0.05, 0.1) is 16.7 Å². The van der Waals surface area contributed by atoms with Crippen molar-refractivity contribution < 1.29 is 24.0 Å². The first kappa shape index (κ1) is 21.2. The molecular formula is C22H17N3O6. The molecule has 3 aromatic carbocycles. The molecule has 1 amide bonds. The highest BCUT2D eigenvalue weighted by molar-refractivity contribution is 5.91. The first-order valence-corrected chi connectivity index (χ1v) is 9.08. The highest BCUT2D eigenvalue weighted by Gasteiger charge is 2.14. The Morgan fingerprint density at radius 2 is 1.74 bits per heavy atom. The van der Waals surface area contributed by atoms with Crippen molar-refractivity contribution in [3.63, 3.8) is 0 Å². The third-order valence-electron chi connectivity index (χ3n) is 3.90. The number of rotatable bonds is 8. The number of nitro benzene ring substituents is 1. The average Bonchev–Trinajstić information content (AvgIpc) is 2.78. The van der Waals surface area contributed by atoms with Gasteiger partial charge >= 0.3 is 11.7 Å². The molecule has 156 valence electrons. The van der Waals surface area contributed by atoms with E-state index in [1.54, 1.807) is 60.7 Å². The molecule has 0 atom stereocenters. The number of para-hydroxylation sites is 2. The number of carbonyl (C=O) groups excluding carboxylic acids is 2. The number of nitrogens with zero attached hydrogens (tertiary/aromatic N) is 2. The Hall–Kier alpha value is -4.53. The van der Waals surface area contributed by atoms with Gasteiger partial charge in [-0.2, -0.15) is 5.10 Å². The minimum atomic E-state index is -0.596. The van der Waals surface area contributed by atoms with Crippen LogP contribution in [0.5, 0.6) is 11.5 Å². The molecule has 0 radical (unpaired) electrons. The molecule has 9 nitrogen and oxygen atoms in total. The van der Waals surface area contributed by atoms with Gasteiger partial charge in [0.1, 0.15) is 5.75 Å². The SMILES string of the molecule is O=C(COc1ccccc1[N+](=O)[O-])N/N=C/c1cccc(OC(=O)c2ccccc2)c1.